The van der Waals surface area contributed by atoms with Crippen molar-refractivity contribution in [1.82, 2.24) is 4.98 Å². The number of fused-ring (bicyclic) bond motifs is 1. The van der Waals surface area contributed by atoms with Crippen molar-refractivity contribution in [3.8, 4) is 0 Å². The van der Waals surface area contributed by atoms with Crippen molar-refractivity contribution in [3.05, 3.63) is 50.3 Å². The second-order valence-corrected chi connectivity index (χ2v) is 5.85. The number of aromatic amines is 1. The minimum Gasteiger partial charge on any atom is -0.478 e. The molecule has 0 fully saturated rings. The highest BCUT2D eigenvalue weighted by atomic mass is 32.1. The Labute approximate surface area is 123 Å². The maximum Gasteiger partial charge on any atom is 0.339 e. The van der Waals surface area contributed by atoms with Crippen LogP contribution in [0, 0.1) is 0 Å². The van der Waals surface area contributed by atoms with E-state index in [1.165, 1.54) is 29.8 Å². The summed E-state index contributed by atoms with van der Waals surface area (Å²) in [5, 5.41) is 12.2. The second kappa shape index (κ2) is 5.17. The maximum absolute atomic E-state index is 12.1. The zero-order chi connectivity index (χ0) is 15.0. The Morgan fingerprint density at radius 2 is 2.14 bits per heavy atom. The molecule has 0 unspecified atom stereocenters. The van der Waals surface area contributed by atoms with Crippen LogP contribution in [0.1, 0.15) is 37.6 Å². The lowest BCUT2D eigenvalue weighted by Crippen LogP contribution is -2.21. The molecule has 21 heavy (non-hydrogen) atoms. The van der Waals surface area contributed by atoms with Crippen molar-refractivity contribution < 1.29 is 14.7 Å². The summed E-state index contributed by atoms with van der Waals surface area (Å²) in [5.41, 5.74) is 0.521. The number of hydrogen-bond acceptors (Lipinski definition) is 4. The predicted molar refractivity (Wildman–Crippen MR) is 78.3 cm³/mol. The van der Waals surface area contributed by atoms with Crippen molar-refractivity contribution in [2.75, 3.05) is 5.32 Å². The van der Waals surface area contributed by atoms with Crippen molar-refractivity contribution in [1.29, 1.82) is 0 Å². The van der Waals surface area contributed by atoms with E-state index in [0.29, 0.717) is 5.00 Å². The molecule has 0 radical (unpaired) electrons. The lowest BCUT2D eigenvalue weighted by atomic mass is 10.1. The fraction of sp³-hybridized carbons (Fsp3) is 0.214. The Morgan fingerprint density at radius 1 is 1.33 bits per heavy atom. The van der Waals surface area contributed by atoms with Crippen LogP contribution in [-0.2, 0) is 12.8 Å². The van der Waals surface area contributed by atoms with Crippen LogP contribution in [0.15, 0.2) is 23.3 Å². The number of hydrogen-bond donors (Lipinski definition) is 3. The lowest BCUT2D eigenvalue weighted by molar-refractivity contribution is 0.0697. The van der Waals surface area contributed by atoms with E-state index in [4.69, 9.17) is 0 Å². The number of H-pyrrole nitrogens is 1. The molecular formula is C14H12N2O4S. The largest absolute Gasteiger partial charge is 0.478 e. The Hall–Kier alpha value is -2.41. The van der Waals surface area contributed by atoms with Gasteiger partial charge < -0.3 is 15.4 Å². The van der Waals surface area contributed by atoms with Crippen LogP contribution in [0.4, 0.5) is 5.00 Å². The average molecular weight is 304 g/mol. The number of aromatic carboxylic acids is 1. The molecule has 1 aliphatic carbocycles. The smallest absolute Gasteiger partial charge is 0.339 e. The zero-order valence-corrected chi connectivity index (χ0v) is 11.8. The molecule has 0 saturated carbocycles. The maximum atomic E-state index is 12.1. The minimum absolute atomic E-state index is 0.0394. The summed E-state index contributed by atoms with van der Waals surface area (Å²) in [5.74, 6) is -1.65. The molecule has 7 heteroatoms. The summed E-state index contributed by atoms with van der Waals surface area (Å²) in [6.45, 7) is 0. The first-order valence-electron chi connectivity index (χ1n) is 6.44. The van der Waals surface area contributed by atoms with E-state index >= 15 is 0 Å². The van der Waals surface area contributed by atoms with Crippen LogP contribution in [-0.4, -0.2) is 22.0 Å². The molecule has 0 aromatic carbocycles. The second-order valence-electron chi connectivity index (χ2n) is 4.74. The summed E-state index contributed by atoms with van der Waals surface area (Å²) in [6.07, 6.45) is 5.23. The van der Waals surface area contributed by atoms with E-state index in [0.717, 1.165) is 29.7 Å². The van der Waals surface area contributed by atoms with Gasteiger partial charge in [0, 0.05) is 23.3 Å². The molecule has 3 rings (SSSR count). The molecule has 3 N–H and O–H groups in total. The summed E-state index contributed by atoms with van der Waals surface area (Å²) in [6, 6.07) is 1.25. The number of carboxylic acids is 1. The van der Waals surface area contributed by atoms with Gasteiger partial charge in [0.05, 0.1) is 5.56 Å². The molecule has 0 atom stereocenters. The van der Waals surface area contributed by atoms with Crippen molar-refractivity contribution >= 4 is 28.2 Å². The molecule has 0 spiro atoms. The van der Waals surface area contributed by atoms with Gasteiger partial charge in [-0.15, -0.1) is 11.3 Å². The third-order valence-corrected chi connectivity index (χ3v) is 4.64. The first kappa shape index (κ1) is 13.6. The quantitative estimate of drug-likeness (QED) is 0.806. The molecule has 6 nitrogen and oxygen atoms in total. The number of aromatic nitrogens is 1. The van der Waals surface area contributed by atoms with E-state index in [2.05, 4.69) is 10.3 Å². The van der Waals surface area contributed by atoms with Crippen LogP contribution in [0.2, 0.25) is 0 Å². The van der Waals surface area contributed by atoms with Gasteiger partial charge in [-0.05, 0) is 24.8 Å². The first-order chi connectivity index (χ1) is 10.1. The van der Waals surface area contributed by atoms with Crippen LogP contribution >= 0.6 is 11.3 Å². The summed E-state index contributed by atoms with van der Waals surface area (Å²) < 4.78 is 0. The number of pyridine rings is 1. The number of aryl methyl sites for hydroxylation is 1. The number of carbonyl (C=O) groups is 2. The van der Waals surface area contributed by atoms with Crippen LogP contribution in [0.5, 0.6) is 0 Å². The Morgan fingerprint density at radius 3 is 2.86 bits per heavy atom. The van der Waals surface area contributed by atoms with Crippen LogP contribution in [0.25, 0.3) is 0 Å². The highest BCUT2D eigenvalue weighted by Gasteiger charge is 2.27. The van der Waals surface area contributed by atoms with Gasteiger partial charge in [-0.25, -0.2) is 4.79 Å². The Kier molecular flexibility index (Phi) is 3.34. The van der Waals surface area contributed by atoms with Crippen molar-refractivity contribution in [3.63, 3.8) is 0 Å². The molecule has 2 heterocycles. The number of carboxylic acid groups (broad SMARTS) is 1. The molecule has 108 valence electrons. The van der Waals surface area contributed by atoms with Gasteiger partial charge in [0.2, 0.25) is 0 Å². The molecule has 1 aliphatic rings. The number of carbonyl (C=O) groups excluding carboxylic acids is 1. The van der Waals surface area contributed by atoms with Gasteiger partial charge in [0.15, 0.2) is 5.43 Å². The summed E-state index contributed by atoms with van der Waals surface area (Å²) in [4.78, 5) is 38.8. The zero-order valence-electron chi connectivity index (χ0n) is 10.9. The third kappa shape index (κ3) is 2.36. The normalized spacial score (nSPS) is 13.0. The highest BCUT2D eigenvalue weighted by molar-refractivity contribution is 7.17. The Balaban J connectivity index is 1.96. The standard InChI is InChI=1S/C14H12N2O4S/c17-9-4-5-15-6-8(9)12(18)16-13-11(14(19)20)7-2-1-3-10(7)21-13/h4-6H,1-3H2,(H,15,17)(H,16,18)(H,19,20). The molecule has 0 aliphatic heterocycles. The number of nitrogens with one attached hydrogen (secondary N) is 2. The summed E-state index contributed by atoms with van der Waals surface area (Å²) >= 11 is 1.28. The van der Waals surface area contributed by atoms with Crippen LogP contribution < -0.4 is 10.7 Å². The van der Waals surface area contributed by atoms with E-state index < -0.39 is 17.3 Å². The Bertz CT molecular complexity index is 791. The first-order valence-corrected chi connectivity index (χ1v) is 7.26. The monoisotopic (exact) mass is 304 g/mol. The van der Waals surface area contributed by atoms with Gasteiger partial charge in [0.1, 0.15) is 10.6 Å². The number of thiophene rings is 1. The molecule has 2 aromatic rings. The SMILES string of the molecule is O=C(O)c1c(NC(=O)c2c[nH]ccc2=O)sc2c1CCC2. The number of rotatable bonds is 3. The van der Waals surface area contributed by atoms with Gasteiger partial charge in [-0.1, -0.05) is 0 Å². The van der Waals surface area contributed by atoms with Gasteiger partial charge in [-0.2, -0.15) is 0 Å². The van der Waals surface area contributed by atoms with Gasteiger partial charge in [0.25, 0.3) is 5.91 Å². The van der Waals surface area contributed by atoms with Gasteiger partial charge >= 0.3 is 5.97 Å². The van der Waals surface area contributed by atoms with E-state index in [9.17, 15) is 19.5 Å². The van der Waals surface area contributed by atoms with E-state index in [-0.39, 0.29) is 11.1 Å². The molecule has 1 amide bonds. The fourth-order valence-corrected chi connectivity index (χ4v) is 3.76. The average Bonchev–Trinajstić information content (AvgIpc) is 2.98. The molecule has 2 aromatic heterocycles. The van der Waals surface area contributed by atoms with E-state index in [1.807, 2.05) is 0 Å². The molecule has 0 bridgehead atoms. The highest BCUT2D eigenvalue weighted by Crippen LogP contribution is 2.39. The van der Waals surface area contributed by atoms with E-state index in [1.54, 1.807) is 0 Å². The third-order valence-electron chi connectivity index (χ3n) is 3.43. The fourth-order valence-electron chi connectivity index (χ4n) is 2.48. The minimum atomic E-state index is -1.05. The molecular weight excluding hydrogens is 292 g/mol. The predicted octanol–water partition coefficient (Wildman–Crippen LogP) is 1.88. The number of anilines is 1. The van der Waals surface area contributed by atoms with Crippen molar-refractivity contribution in [2.24, 2.45) is 0 Å². The lowest BCUT2D eigenvalue weighted by Gasteiger charge is -2.04. The molecule has 0 saturated heterocycles. The van der Waals surface area contributed by atoms with Crippen LogP contribution in [0.3, 0.4) is 0 Å². The number of amides is 1. The van der Waals surface area contributed by atoms with Gasteiger partial charge in [-0.3, -0.25) is 9.59 Å². The summed E-state index contributed by atoms with van der Waals surface area (Å²) in [7, 11) is 0. The van der Waals surface area contributed by atoms with Crippen molar-refractivity contribution in [2.45, 2.75) is 19.3 Å². The topological polar surface area (TPSA) is 99.3 Å².